The second-order valence-corrected chi connectivity index (χ2v) is 9.04. The zero-order valence-corrected chi connectivity index (χ0v) is 17.2. The number of anilines is 1. The van der Waals surface area contributed by atoms with Crippen LogP contribution < -0.4 is 5.32 Å². The lowest BCUT2D eigenvalue weighted by atomic mass is 10.2. The maximum absolute atomic E-state index is 12.7. The topological polar surface area (TPSA) is 66.5 Å². The average molecular weight is 446 g/mol. The summed E-state index contributed by atoms with van der Waals surface area (Å²) in [6.07, 6.45) is 0. The van der Waals surface area contributed by atoms with Crippen LogP contribution in [0.5, 0.6) is 0 Å². The number of rotatable bonds is 5. The molecule has 0 saturated carbocycles. The van der Waals surface area contributed by atoms with Gasteiger partial charge in [0.15, 0.2) is 0 Å². The molecule has 0 fully saturated rings. The zero-order valence-electron chi connectivity index (χ0n) is 14.0. The number of sulfonamides is 1. The Balaban J connectivity index is 2.14. The number of hydrogen-bond acceptors (Lipinski definition) is 3. The normalized spacial score (nSPS) is 11.6. The third-order valence-corrected chi connectivity index (χ3v) is 6.35. The second-order valence-electron chi connectivity index (χ2n) is 5.68. The Hall–Kier alpha value is -1.41. The van der Waals surface area contributed by atoms with E-state index in [1.165, 1.54) is 19.2 Å². The van der Waals surface area contributed by atoms with E-state index in [1.54, 1.807) is 25.1 Å². The van der Waals surface area contributed by atoms with Gasteiger partial charge >= 0.3 is 0 Å². The van der Waals surface area contributed by atoms with Gasteiger partial charge in [-0.2, -0.15) is 4.31 Å². The van der Waals surface area contributed by atoms with E-state index in [0.29, 0.717) is 16.3 Å². The van der Waals surface area contributed by atoms with E-state index < -0.39 is 15.9 Å². The van der Waals surface area contributed by atoms with Crippen LogP contribution in [0.25, 0.3) is 0 Å². The monoisotopic (exact) mass is 444 g/mol. The Labute approximate surface area is 161 Å². The van der Waals surface area contributed by atoms with Crippen LogP contribution >= 0.6 is 27.5 Å². The summed E-state index contributed by atoms with van der Waals surface area (Å²) in [6, 6.07) is 9.97. The fraction of sp³-hybridized carbons (Fsp3) is 0.235. The molecule has 0 saturated heterocycles. The Bertz CT molecular complexity index is 916. The number of halogens is 2. The molecule has 2 rings (SSSR count). The van der Waals surface area contributed by atoms with E-state index >= 15 is 0 Å². The first-order valence-corrected chi connectivity index (χ1v) is 10.0. The van der Waals surface area contributed by atoms with Gasteiger partial charge in [0.2, 0.25) is 15.9 Å². The predicted molar refractivity (Wildman–Crippen MR) is 104 cm³/mol. The Morgan fingerprint density at radius 1 is 1.16 bits per heavy atom. The van der Waals surface area contributed by atoms with Crippen molar-refractivity contribution in [3.8, 4) is 0 Å². The molecule has 0 heterocycles. The quantitative estimate of drug-likeness (QED) is 0.757. The van der Waals surface area contributed by atoms with Gasteiger partial charge in [0.1, 0.15) is 0 Å². The van der Waals surface area contributed by atoms with E-state index in [1.807, 2.05) is 13.0 Å². The summed E-state index contributed by atoms with van der Waals surface area (Å²) in [5.74, 6) is -0.414. The summed E-state index contributed by atoms with van der Waals surface area (Å²) in [6.45, 7) is 3.23. The summed E-state index contributed by atoms with van der Waals surface area (Å²) < 4.78 is 27.2. The number of nitrogens with one attached hydrogen (secondary N) is 1. The van der Waals surface area contributed by atoms with E-state index in [9.17, 15) is 13.2 Å². The molecule has 0 aliphatic heterocycles. The molecule has 0 atom stereocenters. The zero-order chi connectivity index (χ0) is 18.8. The van der Waals surface area contributed by atoms with E-state index in [-0.39, 0.29) is 11.4 Å². The van der Waals surface area contributed by atoms with Crippen molar-refractivity contribution in [2.75, 3.05) is 18.9 Å². The summed E-state index contributed by atoms with van der Waals surface area (Å²) in [4.78, 5) is 12.4. The van der Waals surface area contributed by atoms with Crippen LogP contribution in [0.4, 0.5) is 5.69 Å². The van der Waals surface area contributed by atoms with Crippen LogP contribution in [0.15, 0.2) is 45.8 Å². The molecule has 0 aliphatic rings. The van der Waals surface area contributed by atoms with Crippen LogP contribution in [-0.4, -0.2) is 32.2 Å². The number of hydrogen-bond donors (Lipinski definition) is 1. The molecule has 25 heavy (non-hydrogen) atoms. The maximum Gasteiger partial charge on any atom is 0.243 e. The molecule has 0 spiro atoms. The highest BCUT2D eigenvalue weighted by Gasteiger charge is 2.24. The highest BCUT2D eigenvalue weighted by molar-refractivity contribution is 9.10. The van der Waals surface area contributed by atoms with Gasteiger partial charge < -0.3 is 5.32 Å². The van der Waals surface area contributed by atoms with E-state index in [0.717, 1.165) is 14.3 Å². The number of carbonyl (C=O) groups excluding carboxylic acids is 1. The molecule has 1 amide bonds. The van der Waals surface area contributed by atoms with Crippen molar-refractivity contribution in [3.63, 3.8) is 0 Å². The predicted octanol–water partition coefficient (Wildman–Crippen LogP) is 3.98. The SMILES string of the molecule is Cc1cc(Br)ccc1NC(=O)CN(C)S(=O)(=O)c1ccc(Cl)cc1C. The van der Waals surface area contributed by atoms with Gasteiger partial charge in [-0.25, -0.2) is 8.42 Å². The Kier molecular flexibility index (Phi) is 6.26. The minimum atomic E-state index is -3.78. The summed E-state index contributed by atoms with van der Waals surface area (Å²) in [5.41, 5.74) is 2.05. The second kappa shape index (κ2) is 7.86. The minimum absolute atomic E-state index is 0.132. The highest BCUT2D eigenvalue weighted by Crippen LogP contribution is 2.23. The largest absolute Gasteiger partial charge is 0.325 e. The molecule has 134 valence electrons. The van der Waals surface area contributed by atoms with E-state index in [4.69, 9.17) is 11.6 Å². The third kappa shape index (κ3) is 4.82. The summed E-state index contributed by atoms with van der Waals surface area (Å²) >= 11 is 9.23. The lowest BCUT2D eigenvalue weighted by molar-refractivity contribution is -0.116. The fourth-order valence-electron chi connectivity index (χ4n) is 2.31. The van der Waals surface area contributed by atoms with Crippen molar-refractivity contribution in [3.05, 3.63) is 57.0 Å². The molecule has 0 unspecified atom stereocenters. The molecule has 0 aliphatic carbocycles. The van der Waals surface area contributed by atoms with E-state index in [2.05, 4.69) is 21.2 Å². The Morgan fingerprint density at radius 2 is 1.84 bits per heavy atom. The van der Waals surface area contributed by atoms with Crippen LogP contribution in [0.3, 0.4) is 0 Å². The number of benzene rings is 2. The molecule has 5 nitrogen and oxygen atoms in total. The summed E-state index contributed by atoms with van der Waals surface area (Å²) in [7, 11) is -2.41. The lowest BCUT2D eigenvalue weighted by Crippen LogP contribution is -2.35. The first kappa shape index (κ1) is 19.9. The summed E-state index contributed by atoms with van der Waals surface area (Å²) in [5, 5.41) is 3.19. The van der Waals surface area contributed by atoms with Gasteiger partial charge in [-0.1, -0.05) is 27.5 Å². The van der Waals surface area contributed by atoms with Gasteiger partial charge in [-0.15, -0.1) is 0 Å². The molecular formula is C17H18BrClN2O3S. The van der Waals surface area contributed by atoms with Crippen molar-refractivity contribution >= 4 is 49.1 Å². The molecular weight excluding hydrogens is 428 g/mol. The molecule has 2 aromatic rings. The highest BCUT2D eigenvalue weighted by atomic mass is 79.9. The van der Waals surface area contributed by atoms with Crippen LogP contribution in [-0.2, 0) is 14.8 Å². The molecule has 0 radical (unpaired) electrons. The van der Waals surface area contributed by atoms with Crippen molar-refractivity contribution < 1.29 is 13.2 Å². The minimum Gasteiger partial charge on any atom is -0.325 e. The third-order valence-electron chi connectivity index (χ3n) is 3.65. The first-order valence-electron chi connectivity index (χ1n) is 7.40. The molecule has 0 bridgehead atoms. The van der Waals surface area contributed by atoms with Crippen molar-refractivity contribution in [2.24, 2.45) is 0 Å². The number of likely N-dealkylation sites (N-methyl/N-ethyl adjacent to an activating group) is 1. The van der Waals surface area contributed by atoms with Gasteiger partial charge in [-0.05, 0) is 61.4 Å². The Morgan fingerprint density at radius 3 is 2.44 bits per heavy atom. The van der Waals surface area contributed by atoms with Crippen molar-refractivity contribution in [1.29, 1.82) is 0 Å². The average Bonchev–Trinajstić information content (AvgIpc) is 2.49. The molecule has 8 heteroatoms. The molecule has 0 aromatic heterocycles. The smallest absolute Gasteiger partial charge is 0.243 e. The first-order chi connectivity index (χ1) is 11.6. The van der Waals surface area contributed by atoms with Crippen molar-refractivity contribution in [2.45, 2.75) is 18.7 Å². The fourth-order valence-corrected chi connectivity index (χ4v) is 4.35. The van der Waals surface area contributed by atoms with Crippen LogP contribution in [0, 0.1) is 13.8 Å². The molecule has 2 aromatic carbocycles. The van der Waals surface area contributed by atoms with Gasteiger partial charge in [0.25, 0.3) is 0 Å². The number of amides is 1. The number of aryl methyl sites for hydroxylation is 2. The van der Waals surface area contributed by atoms with Crippen LogP contribution in [0.2, 0.25) is 5.02 Å². The van der Waals surface area contributed by atoms with Crippen LogP contribution in [0.1, 0.15) is 11.1 Å². The van der Waals surface area contributed by atoms with Crippen molar-refractivity contribution in [1.82, 2.24) is 4.31 Å². The standard InChI is InChI=1S/C17H18BrClN2O3S/c1-11-8-13(18)4-6-15(11)20-17(22)10-21(3)25(23,24)16-7-5-14(19)9-12(16)2/h4-9H,10H2,1-3H3,(H,20,22). The lowest BCUT2D eigenvalue weighted by Gasteiger charge is -2.18. The number of nitrogens with zero attached hydrogens (tertiary/aromatic N) is 1. The van der Waals surface area contributed by atoms with Gasteiger partial charge in [0, 0.05) is 22.2 Å². The van der Waals surface area contributed by atoms with Gasteiger partial charge in [-0.3, -0.25) is 4.79 Å². The maximum atomic E-state index is 12.7. The molecule has 1 N–H and O–H groups in total. The number of carbonyl (C=O) groups is 1. The van der Waals surface area contributed by atoms with Gasteiger partial charge in [0.05, 0.1) is 11.4 Å².